The van der Waals surface area contributed by atoms with Gasteiger partial charge in [-0.3, -0.25) is 9.59 Å². The summed E-state index contributed by atoms with van der Waals surface area (Å²) in [4.78, 5) is 28.9. The van der Waals surface area contributed by atoms with Crippen LogP contribution in [0.2, 0.25) is 0 Å². The number of piperidine rings is 3. The van der Waals surface area contributed by atoms with E-state index in [1.807, 2.05) is 55.3 Å². The minimum Gasteiger partial charge on any atom is -0.369 e. The first-order chi connectivity index (χ1) is 12.5. The fourth-order valence-electron chi connectivity index (χ4n) is 4.09. The smallest absolute Gasteiger partial charge is 0.201 e. The Morgan fingerprint density at radius 1 is 0.962 bits per heavy atom. The first-order valence-corrected chi connectivity index (χ1v) is 9.26. The molecule has 4 aliphatic heterocycles. The number of carbonyl (C=O) groups excluding carboxylic acids is 2. The van der Waals surface area contributed by atoms with Crippen molar-refractivity contribution in [3.8, 4) is 0 Å². The van der Waals surface area contributed by atoms with Crippen LogP contribution < -0.4 is 0 Å². The second-order valence-electron chi connectivity index (χ2n) is 7.56. The average molecular weight is 348 g/mol. The quantitative estimate of drug-likeness (QED) is 0.770. The second kappa shape index (κ2) is 6.60. The molecule has 0 amide bonds. The topological polar surface area (TPSA) is 40.6 Å². The van der Waals surface area contributed by atoms with Gasteiger partial charge in [-0.2, -0.15) is 0 Å². The predicted molar refractivity (Wildman–Crippen MR) is 103 cm³/mol. The van der Waals surface area contributed by atoms with Gasteiger partial charge in [0.15, 0.2) is 5.78 Å². The summed E-state index contributed by atoms with van der Waals surface area (Å²) in [5.41, 5.74) is 4.68. The molecule has 3 fully saturated rings. The molecule has 0 unspecified atom stereocenters. The number of rotatable bonds is 2. The third-order valence-corrected chi connectivity index (χ3v) is 5.53. The molecule has 0 saturated carbocycles. The van der Waals surface area contributed by atoms with Gasteiger partial charge in [-0.1, -0.05) is 29.8 Å². The summed E-state index contributed by atoms with van der Waals surface area (Å²) in [6.07, 6.45) is 7.65. The minimum absolute atomic E-state index is 0.0547. The molecular formula is C22H24N2O2. The number of allylic oxidation sites excluding steroid dienone is 2. The molecule has 5 rings (SSSR count). The number of ketones is 2. The monoisotopic (exact) mass is 348 g/mol. The van der Waals surface area contributed by atoms with Crippen LogP contribution in [0.1, 0.15) is 30.9 Å². The lowest BCUT2D eigenvalue weighted by molar-refractivity contribution is -0.125. The highest BCUT2D eigenvalue weighted by atomic mass is 16.1. The number of benzene rings is 1. The van der Waals surface area contributed by atoms with Crippen LogP contribution in [-0.2, 0) is 9.59 Å². The Morgan fingerprint density at radius 2 is 1.54 bits per heavy atom. The fraction of sp³-hybridized carbons (Fsp3) is 0.364. The zero-order valence-corrected chi connectivity index (χ0v) is 15.4. The van der Waals surface area contributed by atoms with Gasteiger partial charge in [-0.15, -0.1) is 0 Å². The van der Waals surface area contributed by atoms with Gasteiger partial charge >= 0.3 is 0 Å². The van der Waals surface area contributed by atoms with Crippen LogP contribution in [0.4, 0.5) is 0 Å². The lowest BCUT2D eigenvalue weighted by atomic mass is 9.84. The fourth-order valence-corrected chi connectivity index (χ4v) is 4.09. The third kappa shape index (κ3) is 3.12. The molecule has 3 saturated heterocycles. The van der Waals surface area contributed by atoms with E-state index in [2.05, 4.69) is 4.90 Å². The molecule has 1 aromatic rings. The van der Waals surface area contributed by atoms with E-state index in [-0.39, 0.29) is 11.7 Å². The molecule has 4 heteroatoms. The Morgan fingerprint density at radius 3 is 2.08 bits per heavy atom. The molecule has 134 valence electrons. The van der Waals surface area contributed by atoms with Gasteiger partial charge in [-0.25, -0.2) is 0 Å². The maximum absolute atomic E-state index is 12.5. The van der Waals surface area contributed by atoms with Gasteiger partial charge in [0, 0.05) is 32.6 Å². The third-order valence-electron chi connectivity index (χ3n) is 5.53. The summed E-state index contributed by atoms with van der Waals surface area (Å²) < 4.78 is 0. The lowest BCUT2D eigenvalue weighted by Crippen LogP contribution is -2.45. The minimum atomic E-state index is 0.0547. The number of hydrogen-bond acceptors (Lipinski definition) is 4. The van der Waals surface area contributed by atoms with Crippen molar-refractivity contribution >= 4 is 23.7 Å². The van der Waals surface area contributed by atoms with Gasteiger partial charge in [0.2, 0.25) is 5.78 Å². The van der Waals surface area contributed by atoms with E-state index in [1.54, 1.807) is 6.08 Å². The second-order valence-corrected chi connectivity index (χ2v) is 7.56. The van der Waals surface area contributed by atoms with Crippen molar-refractivity contribution in [2.45, 2.75) is 19.8 Å². The highest BCUT2D eigenvalue weighted by molar-refractivity contribution is 6.07. The van der Waals surface area contributed by atoms with Crippen molar-refractivity contribution < 1.29 is 9.59 Å². The summed E-state index contributed by atoms with van der Waals surface area (Å²) in [5.74, 6) is 0.573. The maximum atomic E-state index is 12.5. The van der Waals surface area contributed by atoms with Crippen molar-refractivity contribution in [3.05, 3.63) is 58.4 Å². The van der Waals surface area contributed by atoms with Crippen LogP contribution in [0, 0.1) is 5.92 Å². The lowest BCUT2D eigenvalue weighted by Gasteiger charge is -2.41. The van der Waals surface area contributed by atoms with Gasteiger partial charge in [-0.05, 0) is 49.1 Å². The largest absolute Gasteiger partial charge is 0.369 e. The Balaban J connectivity index is 1.56. The molecule has 0 atom stereocenters. The van der Waals surface area contributed by atoms with Gasteiger partial charge in [0.25, 0.3) is 0 Å². The molecule has 0 N–H and O–H groups in total. The number of likely N-dealkylation sites (N-methyl/N-ethyl adjacent to an activating group) is 1. The molecule has 0 radical (unpaired) electrons. The SMILES string of the molecule is CC1=CC(=O)/C(=C/c2ccc(/C=C3/C(=O)C4CCN3CC4)cc2)N(C)C1. The van der Waals surface area contributed by atoms with E-state index in [4.69, 9.17) is 0 Å². The number of fused-ring (bicyclic) bond motifs is 3. The van der Waals surface area contributed by atoms with Crippen molar-refractivity contribution in [2.75, 3.05) is 26.7 Å². The van der Waals surface area contributed by atoms with Gasteiger partial charge in [0.05, 0.1) is 11.4 Å². The van der Waals surface area contributed by atoms with E-state index >= 15 is 0 Å². The van der Waals surface area contributed by atoms with Gasteiger partial charge < -0.3 is 9.80 Å². The van der Waals surface area contributed by atoms with Crippen LogP contribution in [0.25, 0.3) is 12.2 Å². The molecule has 0 aromatic heterocycles. The molecule has 4 heterocycles. The summed E-state index contributed by atoms with van der Waals surface area (Å²) in [6, 6.07) is 8.05. The van der Waals surface area contributed by atoms with Gasteiger partial charge in [0.1, 0.15) is 0 Å². The Bertz CT molecular complexity index is 837. The summed E-state index contributed by atoms with van der Waals surface area (Å²) in [7, 11) is 1.94. The maximum Gasteiger partial charge on any atom is 0.201 e. The van der Waals surface area contributed by atoms with Crippen molar-refractivity contribution in [1.29, 1.82) is 0 Å². The molecule has 0 aliphatic carbocycles. The van der Waals surface area contributed by atoms with Crippen LogP contribution in [0.3, 0.4) is 0 Å². The number of Topliss-reactive ketones (excluding diaryl/α,β-unsaturated/α-hetero) is 1. The zero-order chi connectivity index (χ0) is 18.3. The molecule has 26 heavy (non-hydrogen) atoms. The zero-order valence-electron chi connectivity index (χ0n) is 15.4. The van der Waals surface area contributed by atoms with Crippen molar-refractivity contribution in [1.82, 2.24) is 9.80 Å². The van der Waals surface area contributed by atoms with E-state index in [0.717, 1.165) is 54.9 Å². The number of carbonyl (C=O) groups is 2. The normalized spacial score (nSPS) is 24.0. The van der Waals surface area contributed by atoms with Crippen LogP contribution >= 0.6 is 0 Å². The average Bonchev–Trinajstić information content (AvgIpc) is 2.63. The summed E-state index contributed by atoms with van der Waals surface area (Å²) >= 11 is 0. The van der Waals surface area contributed by atoms with E-state index in [9.17, 15) is 9.59 Å². The molecule has 2 bridgehead atoms. The molecule has 1 aromatic carbocycles. The molecule has 4 aliphatic rings. The Labute approximate surface area is 154 Å². The highest BCUT2D eigenvalue weighted by Crippen LogP contribution is 2.32. The molecule has 0 spiro atoms. The standard InChI is InChI=1S/C22H24N2O2/c1-15-11-21(25)19(23(2)14-15)12-16-3-5-17(6-4-16)13-20-22(26)18-7-9-24(20)10-8-18/h3-6,11-13,18H,7-10,14H2,1-2H3/b19-12-,20-13-. The Hall–Kier alpha value is -2.62. The molecular weight excluding hydrogens is 324 g/mol. The predicted octanol–water partition coefficient (Wildman–Crippen LogP) is 3.12. The van der Waals surface area contributed by atoms with E-state index < -0.39 is 0 Å². The summed E-state index contributed by atoms with van der Waals surface area (Å²) in [6.45, 7) is 4.74. The van der Waals surface area contributed by atoms with E-state index in [0.29, 0.717) is 11.5 Å². The number of hydrogen-bond donors (Lipinski definition) is 0. The highest BCUT2D eigenvalue weighted by Gasteiger charge is 2.36. The van der Waals surface area contributed by atoms with Crippen LogP contribution in [0.15, 0.2) is 47.3 Å². The first-order valence-electron chi connectivity index (χ1n) is 9.26. The molecule has 4 nitrogen and oxygen atoms in total. The Kier molecular flexibility index (Phi) is 4.27. The first kappa shape index (κ1) is 16.8. The van der Waals surface area contributed by atoms with Crippen LogP contribution in [-0.4, -0.2) is 48.0 Å². The van der Waals surface area contributed by atoms with Crippen molar-refractivity contribution in [2.24, 2.45) is 5.92 Å². The van der Waals surface area contributed by atoms with Crippen molar-refractivity contribution in [3.63, 3.8) is 0 Å². The van der Waals surface area contributed by atoms with E-state index in [1.165, 1.54) is 0 Å². The van der Waals surface area contributed by atoms with Crippen LogP contribution in [0.5, 0.6) is 0 Å². The summed E-state index contributed by atoms with van der Waals surface area (Å²) in [5, 5.41) is 0. The number of nitrogens with zero attached hydrogens (tertiary/aromatic N) is 2.